The van der Waals surface area contributed by atoms with E-state index >= 15 is 0 Å². The van der Waals surface area contributed by atoms with Crippen molar-refractivity contribution in [2.45, 2.75) is 39.7 Å². The van der Waals surface area contributed by atoms with Gasteiger partial charge in [0.25, 0.3) is 11.5 Å². The number of hydrogen-bond acceptors (Lipinski definition) is 6. The summed E-state index contributed by atoms with van der Waals surface area (Å²) in [5, 5.41) is 9.63. The number of thioether (sulfide) groups is 1. The van der Waals surface area contributed by atoms with E-state index < -0.39 is 0 Å². The summed E-state index contributed by atoms with van der Waals surface area (Å²) < 4.78 is 2.03. The number of amides is 1. The third-order valence-corrected chi connectivity index (χ3v) is 7.10. The summed E-state index contributed by atoms with van der Waals surface area (Å²) in [5.74, 6) is 0.529. The van der Waals surface area contributed by atoms with Crippen LogP contribution in [0, 0.1) is 18.3 Å². The molecule has 0 bridgehead atoms. The number of carbonyl (C=O) groups excluding carboxylic acids is 1. The highest BCUT2D eigenvalue weighted by molar-refractivity contribution is 8.26. The molecule has 0 unspecified atom stereocenters. The van der Waals surface area contributed by atoms with E-state index in [9.17, 15) is 14.9 Å². The van der Waals surface area contributed by atoms with Crippen molar-refractivity contribution in [3.05, 3.63) is 67.8 Å². The molecule has 0 aliphatic carbocycles. The number of rotatable bonds is 8. The molecule has 1 saturated heterocycles. The number of thiocarbonyl (C=S) groups is 1. The largest absolute Gasteiger partial charge is 0.356 e. The molecule has 33 heavy (non-hydrogen) atoms. The monoisotopic (exact) mass is 480 g/mol. The smallest absolute Gasteiger partial charge is 0.270 e. The third kappa shape index (κ3) is 5.21. The van der Waals surface area contributed by atoms with E-state index in [0.29, 0.717) is 39.3 Å². The molecule has 0 spiro atoms. The average molecular weight is 481 g/mol. The van der Waals surface area contributed by atoms with Gasteiger partial charge >= 0.3 is 0 Å². The standard InChI is InChI=1S/C25H28N4O2S2/c1-5-6-10-13-29-24(31)21(33-25(29)32)14-19-17(2)20(15-26)23(30)28(4)22(19)27(3)16-18-11-8-7-9-12-18/h7-9,11-12,14H,5-6,10,13,16H2,1-4H3/b21-14-. The van der Waals surface area contributed by atoms with Crippen molar-refractivity contribution in [1.82, 2.24) is 9.47 Å². The van der Waals surface area contributed by atoms with Crippen LogP contribution in [0.3, 0.4) is 0 Å². The van der Waals surface area contributed by atoms with Crippen molar-refractivity contribution in [1.29, 1.82) is 5.26 Å². The van der Waals surface area contributed by atoms with Gasteiger partial charge in [0.2, 0.25) is 0 Å². The lowest BCUT2D eigenvalue weighted by atomic mass is 10.0. The van der Waals surface area contributed by atoms with Crippen LogP contribution in [-0.4, -0.2) is 33.3 Å². The van der Waals surface area contributed by atoms with Crippen LogP contribution in [0.4, 0.5) is 5.82 Å². The Morgan fingerprint density at radius 1 is 1.21 bits per heavy atom. The van der Waals surface area contributed by atoms with Crippen molar-refractivity contribution in [3.8, 4) is 6.07 Å². The second-order valence-corrected chi connectivity index (χ2v) is 9.77. The van der Waals surface area contributed by atoms with Crippen LogP contribution >= 0.6 is 24.0 Å². The molecule has 1 aromatic carbocycles. The van der Waals surface area contributed by atoms with Gasteiger partial charge in [0.1, 0.15) is 21.8 Å². The molecular weight excluding hydrogens is 452 g/mol. The van der Waals surface area contributed by atoms with Crippen molar-refractivity contribution >= 4 is 46.1 Å². The molecule has 0 saturated carbocycles. The first-order valence-corrected chi connectivity index (χ1v) is 12.2. The maximum atomic E-state index is 13.1. The van der Waals surface area contributed by atoms with Gasteiger partial charge in [-0.05, 0) is 30.5 Å². The number of unbranched alkanes of at least 4 members (excludes halogenated alkanes) is 2. The highest BCUT2D eigenvalue weighted by atomic mass is 32.2. The zero-order valence-electron chi connectivity index (χ0n) is 19.4. The summed E-state index contributed by atoms with van der Waals surface area (Å²) in [6, 6.07) is 12.0. The highest BCUT2D eigenvalue weighted by Crippen LogP contribution is 2.35. The lowest BCUT2D eigenvalue weighted by Crippen LogP contribution is -2.31. The predicted molar refractivity (Wildman–Crippen MR) is 139 cm³/mol. The lowest BCUT2D eigenvalue weighted by Gasteiger charge is -2.26. The minimum atomic E-state index is -0.353. The fourth-order valence-corrected chi connectivity index (χ4v) is 5.24. The van der Waals surface area contributed by atoms with Gasteiger partial charge in [-0.2, -0.15) is 5.26 Å². The van der Waals surface area contributed by atoms with Gasteiger partial charge < -0.3 is 4.90 Å². The average Bonchev–Trinajstić information content (AvgIpc) is 3.06. The number of hydrogen-bond donors (Lipinski definition) is 0. The maximum absolute atomic E-state index is 13.1. The SMILES string of the molecule is CCCCCN1C(=O)/C(=C/c2c(C)c(C#N)c(=O)n(C)c2N(C)Cc2ccccc2)SC1=S. The number of pyridine rings is 1. The second kappa shape index (κ2) is 10.8. The summed E-state index contributed by atoms with van der Waals surface area (Å²) >= 11 is 6.74. The molecule has 0 N–H and O–H groups in total. The Bertz CT molecular complexity index is 1200. The van der Waals surface area contributed by atoms with Gasteiger partial charge in [0.05, 0.1) is 4.91 Å². The van der Waals surface area contributed by atoms with Gasteiger partial charge in [-0.25, -0.2) is 0 Å². The molecule has 0 radical (unpaired) electrons. The van der Waals surface area contributed by atoms with Crippen molar-refractivity contribution < 1.29 is 4.79 Å². The molecule has 1 aromatic heterocycles. The number of aromatic nitrogens is 1. The molecule has 0 atom stereocenters. The number of nitrogens with zero attached hydrogens (tertiary/aromatic N) is 4. The Morgan fingerprint density at radius 2 is 1.91 bits per heavy atom. The molecule has 1 aliphatic rings. The Kier molecular flexibility index (Phi) is 8.11. The number of anilines is 1. The predicted octanol–water partition coefficient (Wildman–Crippen LogP) is 4.59. The zero-order valence-corrected chi connectivity index (χ0v) is 21.1. The lowest BCUT2D eigenvalue weighted by molar-refractivity contribution is -0.122. The fourth-order valence-electron chi connectivity index (χ4n) is 3.95. The minimum absolute atomic E-state index is 0.0824. The summed E-state index contributed by atoms with van der Waals surface area (Å²) in [7, 11) is 3.56. The van der Waals surface area contributed by atoms with Gasteiger partial charge in [-0.1, -0.05) is 74.1 Å². The molecule has 3 rings (SSSR count). The molecular formula is C25H28N4O2S2. The van der Waals surface area contributed by atoms with E-state index in [1.54, 1.807) is 24.9 Å². The van der Waals surface area contributed by atoms with E-state index in [2.05, 4.69) is 6.92 Å². The molecule has 1 amide bonds. The first-order chi connectivity index (χ1) is 15.8. The topological polar surface area (TPSA) is 69.3 Å². The van der Waals surface area contributed by atoms with Crippen LogP contribution < -0.4 is 10.5 Å². The Labute approximate surface area is 204 Å². The van der Waals surface area contributed by atoms with E-state index in [-0.39, 0.29) is 17.0 Å². The van der Waals surface area contributed by atoms with E-state index in [0.717, 1.165) is 24.8 Å². The molecule has 1 fully saturated rings. The Hall–Kier alpha value is -2.89. The molecule has 8 heteroatoms. The molecule has 172 valence electrons. The zero-order chi connectivity index (χ0) is 24.1. The van der Waals surface area contributed by atoms with Crippen LogP contribution in [0.1, 0.15) is 48.4 Å². The van der Waals surface area contributed by atoms with Crippen LogP contribution in [0.25, 0.3) is 6.08 Å². The van der Waals surface area contributed by atoms with Crippen LogP contribution in [0.15, 0.2) is 40.0 Å². The quantitative estimate of drug-likeness (QED) is 0.313. The van der Waals surface area contributed by atoms with Gasteiger partial charge in [0, 0.05) is 32.7 Å². The number of carbonyl (C=O) groups is 1. The first-order valence-electron chi connectivity index (χ1n) is 10.9. The number of benzene rings is 1. The van der Waals surface area contributed by atoms with Crippen LogP contribution in [0.5, 0.6) is 0 Å². The summed E-state index contributed by atoms with van der Waals surface area (Å²) in [4.78, 5) is 30.1. The molecule has 2 heterocycles. The summed E-state index contributed by atoms with van der Waals surface area (Å²) in [6.45, 7) is 5.05. The van der Waals surface area contributed by atoms with E-state index in [1.807, 2.05) is 48.3 Å². The van der Waals surface area contributed by atoms with Crippen molar-refractivity contribution in [2.75, 3.05) is 18.5 Å². The van der Waals surface area contributed by atoms with Gasteiger partial charge in [0.15, 0.2) is 0 Å². The summed E-state index contributed by atoms with van der Waals surface area (Å²) in [5.41, 5.74) is 2.06. The normalized spacial score (nSPS) is 14.8. The van der Waals surface area contributed by atoms with Crippen LogP contribution in [0.2, 0.25) is 0 Å². The van der Waals surface area contributed by atoms with E-state index in [4.69, 9.17) is 12.2 Å². The van der Waals surface area contributed by atoms with Gasteiger partial charge in [-0.3, -0.25) is 19.1 Å². The highest BCUT2D eigenvalue weighted by Gasteiger charge is 2.32. The van der Waals surface area contributed by atoms with Crippen LogP contribution in [-0.2, 0) is 18.4 Å². The molecule has 2 aromatic rings. The third-order valence-electron chi connectivity index (χ3n) is 5.73. The van der Waals surface area contributed by atoms with Crippen molar-refractivity contribution in [2.24, 2.45) is 7.05 Å². The number of nitriles is 1. The summed E-state index contributed by atoms with van der Waals surface area (Å²) in [6.07, 6.45) is 4.79. The first kappa shape index (κ1) is 24.7. The fraction of sp³-hybridized carbons (Fsp3) is 0.360. The Morgan fingerprint density at radius 3 is 2.55 bits per heavy atom. The minimum Gasteiger partial charge on any atom is -0.356 e. The Balaban J connectivity index is 2.08. The molecule has 1 aliphatic heterocycles. The van der Waals surface area contributed by atoms with E-state index in [1.165, 1.54) is 16.3 Å². The molecule has 6 nitrogen and oxygen atoms in total. The maximum Gasteiger partial charge on any atom is 0.270 e. The second-order valence-electron chi connectivity index (χ2n) is 8.10. The van der Waals surface area contributed by atoms with Gasteiger partial charge in [-0.15, -0.1) is 0 Å². The van der Waals surface area contributed by atoms with Crippen molar-refractivity contribution in [3.63, 3.8) is 0 Å².